The van der Waals surface area contributed by atoms with Crippen molar-refractivity contribution in [2.75, 3.05) is 13.1 Å². The number of aromatic nitrogens is 2. The van der Waals surface area contributed by atoms with Crippen molar-refractivity contribution < 1.29 is 0 Å². The fraction of sp³-hybridized carbons (Fsp3) is 0.533. The number of hydrogen-bond donors (Lipinski definition) is 0. The first kappa shape index (κ1) is 10.6. The quantitative estimate of drug-likeness (QED) is 0.765. The first-order valence-corrected chi connectivity index (χ1v) is 7.06. The van der Waals surface area contributed by atoms with Crippen molar-refractivity contribution in [3.05, 3.63) is 30.7 Å². The fourth-order valence-corrected chi connectivity index (χ4v) is 3.78. The van der Waals surface area contributed by atoms with E-state index in [2.05, 4.69) is 32.8 Å². The van der Waals surface area contributed by atoms with Gasteiger partial charge in [0.1, 0.15) is 0 Å². The summed E-state index contributed by atoms with van der Waals surface area (Å²) < 4.78 is 2.48. The van der Waals surface area contributed by atoms with E-state index in [1.165, 1.54) is 49.7 Å². The Morgan fingerprint density at radius 1 is 1.11 bits per heavy atom. The van der Waals surface area contributed by atoms with Crippen LogP contribution in [0.4, 0.5) is 0 Å². The van der Waals surface area contributed by atoms with Crippen LogP contribution in [0.15, 0.2) is 30.7 Å². The van der Waals surface area contributed by atoms with Crippen LogP contribution in [0, 0.1) is 0 Å². The lowest BCUT2D eigenvalue weighted by molar-refractivity contribution is 0.157. The van der Waals surface area contributed by atoms with Gasteiger partial charge in [-0.15, -0.1) is 0 Å². The molecule has 18 heavy (non-hydrogen) atoms. The van der Waals surface area contributed by atoms with Gasteiger partial charge < -0.3 is 9.47 Å². The van der Waals surface area contributed by atoms with Crippen LogP contribution in [0.25, 0.3) is 10.9 Å². The number of piperidine rings is 1. The summed E-state index contributed by atoms with van der Waals surface area (Å²) >= 11 is 0. The number of fused-ring (bicyclic) bond motifs is 2. The average molecular weight is 241 g/mol. The van der Waals surface area contributed by atoms with E-state index in [4.69, 9.17) is 0 Å². The second kappa shape index (κ2) is 4.09. The van der Waals surface area contributed by atoms with Gasteiger partial charge in [-0.1, -0.05) is 0 Å². The minimum atomic E-state index is 0.684. The van der Waals surface area contributed by atoms with Crippen molar-refractivity contribution in [1.82, 2.24) is 14.5 Å². The van der Waals surface area contributed by atoms with Gasteiger partial charge in [0.2, 0.25) is 0 Å². The Hall–Kier alpha value is -1.35. The number of hydrogen-bond acceptors (Lipinski definition) is 2. The Balaban J connectivity index is 1.67. The molecule has 3 nitrogen and oxygen atoms in total. The maximum absolute atomic E-state index is 4.20. The van der Waals surface area contributed by atoms with Gasteiger partial charge in [-0.05, 0) is 44.4 Å². The third kappa shape index (κ3) is 1.57. The Morgan fingerprint density at radius 2 is 2.11 bits per heavy atom. The summed E-state index contributed by atoms with van der Waals surface area (Å²) in [7, 11) is 0. The van der Waals surface area contributed by atoms with Crippen LogP contribution in [0.5, 0.6) is 0 Å². The monoisotopic (exact) mass is 241 g/mol. The fourth-order valence-electron chi connectivity index (χ4n) is 3.78. The lowest BCUT2D eigenvalue weighted by Crippen LogP contribution is -2.38. The second-order valence-electron chi connectivity index (χ2n) is 5.67. The van der Waals surface area contributed by atoms with Crippen molar-refractivity contribution in [3.63, 3.8) is 0 Å². The van der Waals surface area contributed by atoms with Gasteiger partial charge in [-0.3, -0.25) is 4.98 Å². The summed E-state index contributed by atoms with van der Waals surface area (Å²) in [4.78, 5) is 6.89. The zero-order valence-electron chi connectivity index (χ0n) is 10.6. The number of rotatable bonds is 1. The molecule has 3 heteroatoms. The molecule has 2 aromatic heterocycles. The third-order valence-corrected chi connectivity index (χ3v) is 4.71. The molecule has 2 aromatic rings. The predicted molar refractivity (Wildman–Crippen MR) is 72.6 cm³/mol. The molecule has 2 unspecified atom stereocenters. The van der Waals surface area contributed by atoms with Crippen LogP contribution in [0.3, 0.4) is 0 Å². The highest BCUT2D eigenvalue weighted by Crippen LogP contribution is 2.34. The molecule has 0 bridgehead atoms. The summed E-state index contributed by atoms with van der Waals surface area (Å²) in [6.45, 7) is 2.60. The Labute approximate surface area is 107 Å². The molecule has 2 aliphatic heterocycles. The van der Waals surface area contributed by atoms with Gasteiger partial charge >= 0.3 is 0 Å². The third-order valence-electron chi connectivity index (χ3n) is 4.71. The minimum Gasteiger partial charge on any atom is -0.344 e. The highest BCUT2D eigenvalue weighted by molar-refractivity contribution is 5.78. The van der Waals surface area contributed by atoms with E-state index < -0.39 is 0 Å². The Morgan fingerprint density at radius 3 is 3.11 bits per heavy atom. The SMILES string of the molecule is c1cc2c(ccn2C2CCN3CCCC3C2)cn1. The van der Waals surface area contributed by atoms with Crippen molar-refractivity contribution in [3.8, 4) is 0 Å². The molecule has 4 rings (SSSR count). The number of nitrogens with zero attached hydrogens (tertiary/aromatic N) is 3. The van der Waals surface area contributed by atoms with E-state index in [-0.39, 0.29) is 0 Å². The smallest absolute Gasteiger partial charge is 0.0513 e. The molecule has 0 amide bonds. The molecule has 0 aromatic carbocycles. The van der Waals surface area contributed by atoms with Crippen molar-refractivity contribution in [2.24, 2.45) is 0 Å². The zero-order chi connectivity index (χ0) is 11.9. The average Bonchev–Trinajstić information content (AvgIpc) is 3.04. The van der Waals surface area contributed by atoms with Gasteiger partial charge in [-0.25, -0.2) is 0 Å². The van der Waals surface area contributed by atoms with Gasteiger partial charge in [0.15, 0.2) is 0 Å². The van der Waals surface area contributed by atoms with Gasteiger partial charge in [0.05, 0.1) is 5.52 Å². The molecule has 2 fully saturated rings. The summed E-state index contributed by atoms with van der Waals surface area (Å²) in [5, 5.41) is 1.27. The first-order valence-electron chi connectivity index (χ1n) is 7.06. The Kier molecular flexibility index (Phi) is 2.40. The molecule has 4 heterocycles. The topological polar surface area (TPSA) is 21.1 Å². The molecule has 0 spiro atoms. The van der Waals surface area contributed by atoms with Crippen LogP contribution in [-0.2, 0) is 0 Å². The van der Waals surface area contributed by atoms with E-state index >= 15 is 0 Å². The van der Waals surface area contributed by atoms with Gasteiger partial charge in [-0.2, -0.15) is 0 Å². The highest BCUT2D eigenvalue weighted by atomic mass is 15.2. The number of pyridine rings is 1. The molecule has 2 atom stereocenters. The zero-order valence-corrected chi connectivity index (χ0v) is 10.6. The van der Waals surface area contributed by atoms with E-state index in [0.717, 1.165) is 6.04 Å². The molecular weight excluding hydrogens is 222 g/mol. The largest absolute Gasteiger partial charge is 0.344 e. The molecule has 0 radical (unpaired) electrons. The lowest BCUT2D eigenvalue weighted by atomic mass is 9.97. The molecule has 94 valence electrons. The second-order valence-corrected chi connectivity index (χ2v) is 5.67. The molecule has 2 aliphatic rings. The lowest BCUT2D eigenvalue weighted by Gasteiger charge is -2.35. The summed E-state index contributed by atoms with van der Waals surface area (Å²) in [5.74, 6) is 0. The summed E-state index contributed by atoms with van der Waals surface area (Å²) in [6, 6.07) is 5.87. The van der Waals surface area contributed by atoms with E-state index in [0.29, 0.717) is 6.04 Å². The van der Waals surface area contributed by atoms with E-state index in [1.54, 1.807) is 0 Å². The predicted octanol–water partition coefficient (Wildman–Crippen LogP) is 2.84. The van der Waals surface area contributed by atoms with E-state index in [1.807, 2.05) is 12.4 Å². The van der Waals surface area contributed by atoms with Crippen LogP contribution in [0.2, 0.25) is 0 Å². The first-order chi connectivity index (χ1) is 8.92. The van der Waals surface area contributed by atoms with Crippen molar-refractivity contribution in [2.45, 2.75) is 37.8 Å². The van der Waals surface area contributed by atoms with Crippen molar-refractivity contribution >= 4 is 10.9 Å². The molecule has 2 saturated heterocycles. The van der Waals surface area contributed by atoms with Crippen LogP contribution in [0.1, 0.15) is 31.7 Å². The van der Waals surface area contributed by atoms with Gasteiger partial charge in [0.25, 0.3) is 0 Å². The van der Waals surface area contributed by atoms with Crippen molar-refractivity contribution in [1.29, 1.82) is 0 Å². The Bertz CT molecular complexity index is 560. The van der Waals surface area contributed by atoms with Crippen LogP contribution < -0.4 is 0 Å². The highest BCUT2D eigenvalue weighted by Gasteiger charge is 2.32. The molecular formula is C15H19N3. The summed E-state index contributed by atoms with van der Waals surface area (Å²) in [5.41, 5.74) is 1.35. The molecule has 0 N–H and O–H groups in total. The van der Waals surface area contributed by atoms with Crippen LogP contribution >= 0.6 is 0 Å². The maximum Gasteiger partial charge on any atom is 0.0513 e. The molecule has 0 aliphatic carbocycles. The maximum atomic E-state index is 4.20. The van der Waals surface area contributed by atoms with Crippen LogP contribution in [-0.4, -0.2) is 33.6 Å². The minimum absolute atomic E-state index is 0.684. The van der Waals surface area contributed by atoms with Gasteiger partial charge in [0, 0.05) is 42.6 Å². The molecule has 0 saturated carbocycles. The van der Waals surface area contributed by atoms with E-state index in [9.17, 15) is 0 Å². The standard InChI is InChI=1S/C15H19N3/c1-2-13-10-14(5-8-17(13)7-1)18-9-4-12-11-16-6-3-15(12)18/h3-4,6,9,11,13-14H,1-2,5,7-8,10H2. The summed E-state index contributed by atoms with van der Waals surface area (Å²) in [6.07, 6.45) is 11.5. The normalized spacial score (nSPS) is 28.7.